The number of aromatic nitrogens is 1. The van der Waals surface area contributed by atoms with Gasteiger partial charge in [-0.2, -0.15) is 0 Å². The van der Waals surface area contributed by atoms with Crippen LogP contribution in [0.1, 0.15) is 18.4 Å². The third-order valence-corrected chi connectivity index (χ3v) is 5.78. The van der Waals surface area contributed by atoms with E-state index in [4.69, 9.17) is 11.3 Å². The summed E-state index contributed by atoms with van der Waals surface area (Å²) in [6.07, 6.45) is 0.846. The van der Waals surface area contributed by atoms with Gasteiger partial charge in [0.25, 0.3) is 0 Å². The Kier molecular flexibility index (Phi) is 6.24. The maximum absolute atomic E-state index is 12.8. The van der Waals surface area contributed by atoms with Crippen LogP contribution in [0.3, 0.4) is 0 Å². The van der Waals surface area contributed by atoms with Crippen molar-refractivity contribution < 1.29 is 14.3 Å². The van der Waals surface area contributed by atoms with Gasteiger partial charge in [0, 0.05) is 11.9 Å². The predicted octanol–water partition coefficient (Wildman–Crippen LogP) is 5.10. The number of hydrogen-bond acceptors (Lipinski definition) is 5. The maximum atomic E-state index is 12.8. The summed E-state index contributed by atoms with van der Waals surface area (Å²) in [4.78, 5) is 34.7. The minimum atomic E-state index is -0.575. The van der Waals surface area contributed by atoms with Crippen LogP contribution in [-0.4, -0.2) is 34.5 Å². The van der Waals surface area contributed by atoms with Gasteiger partial charge in [-0.3, -0.25) is 9.69 Å². The summed E-state index contributed by atoms with van der Waals surface area (Å²) in [7, 11) is 0. The standard InChI is InChI=1S/C23H20N4O3S/c1-24-18-11-9-17(10-12-18)19-15-31-22(25-19)26-21(28)20-8-5-13-27(20)23(29)30-14-16-6-3-2-4-7-16/h2-4,6-7,9-12,15,20H,5,8,13-14H2,(H,25,26,28)/t20-/m0/s1. The number of thiazole rings is 1. The van der Waals surface area contributed by atoms with Crippen LogP contribution in [0.25, 0.3) is 16.1 Å². The largest absolute Gasteiger partial charge is 0.445 e. The normalized spacial score (nSPS) is 15.3. The molecule has 1 aliphatic heterocycles. The van der Waals surface area contributed by atoms with Gasteiger partial charge in [0.15, 0.2) is 10.8 Å². The quantitative estimate of drug-likeness (QED) is 0.569. The molecule has 7 nitrogen and oxygen atoms in total. The summed E-state index contributed by atoms with van der Waals surface area (Å²) >= 11 is 1.32. The molecule has 0 saturated carbocycles. The Morgan fingerprint density at radius 1 is 1.19 bits per heavy atom. The van der Waals surface area contributed by atoms with E-state index in [1.165, 1.54) is 16.2 Å². The average molecular weight is 433 g/mol. The number of hydrogen-bond donors (Lipinski definition) is 1. The molecule has 3 aromatic rings. The Labute approximate surface area is 184 Å². The molecule has 2 amide bonds. The fourth-order valence-electron chi connectivity index (χ4n) is 3.42. The first-order chi connectivity index (χ1) is 15.1. The molecule has 1 N–H and O–H groups in total. The van der Waals surface area contributed by atoms with E-state index in [1.54, 1.807) is 12.1 Å². The smallest absolute Gasteiger partial charge is 0.410 e. The van der Waals surface area contributed by atoms with E-state index in [0.717, 1.165) is 23.2 Å². The first-order valence-electron chi connectivity index (χ1n) is 9.85. The zero-order chi connectivity index (χ0) is 21.6. The molecule has 1 aliphatic rings. The van der Waals surface area contributed by atoms with Crippen LogP contribution < -0.4 is 5.32 Å². The minimum absolute atomic E-state index is 0.173. The second-order valence-corrected chi connectivity index (χ2v) is 7.94. The molecule has 8 heteroatoms. The van der Waals surface area contributed by atoms with Crippen LogP contribution in [0, 0.1) is 6.57 Å². The zero-order valence-electron chi connectivity index (χ0n) is 16.7. The van der Waals surface area contributed by atoms with Crippen LogP contribution in [0.4, 0.5) is 15.6 Å². The maximum Gasteiger partial charge on any atom is 0.410 e. The van der Waals surface area contributed by atoms with Crippen molar-refractivity contribution in [3.8, 4) is 11.3 Å². The molecule has 1 atom stereocenters. The number of nitrogens with one attached hydrogen (secondary N) is 1. The summed E-state index contributed by atoms with van der Waals surface area (Å²) in [6, 6.07) is 16.0. The molecule has 31 heavy (non-hydrogen) atoms. The molecule has 1 aromatic heterocycles. The molecule has 4 rings (SSSR count). The first kappa shape index (κ1) is 20.6. The van der Waals surface area contributed by atoms with Crippen LogP contribution in [-0.2, 0) is 16.1 Å². The molecular weight excluding hydrogens is 412 g/mol. The highest BCUT2D eigenvalue weighted by atomic mass is 32.1. The molecular formula is C23H20N4O3S. The molecule has 156 valence electrons. The van der Waals surface area contributed by atoms with Gasteiger partial charge in [-0.1, -0.05) is 54.6 Å². The summed E-state index contributed by atoms with van der Waals surface area (Å²) in [5, 5.41) is 5.15. The van der Waals surface area contributed by atoms with Gasteiger partial charge < -0.3 is 10.1 Å². The Bertz CT molecular complexity index is 1110. The van der Waals surface area contributed by atoms with E-state index in [0.29, 0.717) is 23.8 Å². The van der Waals surface area contributed by atoms with Gasteiger partial charge in [-0.05, 0) is 24.0 Å². The topological polar surface area (TPSA) is 75.9 Å². The fourth-order valence-corrected chi connectivity index (χ4v) is 4.14. The molecule has 0 radical (unpaired) electrons. The highest BCUT2D eigenvalue weighted by Crippen LogP contribution is 2.28. The zero-order valence-corrected chi connectivity index (χ0v) is 17.5. The second-order valence-electron chi connectivity index (χ2n) is 7.08. The molecule has 1 fully saturated rings. The van der Waals surface area contributed by atoms with Crippen LogP contribution >= 0.6 is 11.3 Å². The van der Waals surface area contributed by atoms with Gasteiger partial charge in [0.1, 0.15) is 12.6 Å². The van der Waals surface area contributed by atoms with Gasteiger partial charge >= 0.3 is 6.09 Å². The predicted molar refractivity (Wildman–Crippen MR) is 119 cm³/mol. The lowest BCUT2D eigenvalue weighted by Crippen LogP contribution is -2.43. The number of carbonyl (C=O) groups is 2. The monoisotopic (exact) mass is 432 g/mol. The number of ether oxygens (including phenoxy) is 1. The first-order valence-corrected chi connectivity index (χ1v) is 10.7. The fraction of sp³-hybridized carbons (Fsp3) is 0.217. The van der Waals surface area contributed by atoms with E-state index in [-0.39, 0.29) is 12.5 Å². The van der Waals surface area contributed by atoms with Gasteiger partial charge in [-0.25, -0.2) is 14.6 Å². The van der Waals surface area contributed by atoms with Crippen LogP contribution in [0.2, 0.25) is 0 Å². The number of amides is 2. The van der Waals surface area contributed by atoms with E-state index in [1.807, 2.05) is 47.8 Å². The number of likely N-dealkylation sites (tertiary alicyclic amines) is 1. The summed E-state index contributed by atoms with van der Waals surface area (Å²) in [5.74, 6) is -0.265. The van der Waals surface area contributed by atoms with E-state index in [9.17, 15) is 9.59 Å². The Morgan fingerprint density at radius 2 is 1.97 bits per heavy atom. The highest BCUT2D eigenvalue weighted by molar-refractivity contribution is 7.14. The number of benzene rings is 2. The molecule has 0 bridgehead atoms. The SMILES string of the molecule is [C-]#[N+]c1ccc(-c2csc(NC(=O)[C@@H]3CCCN3C(=O)OCc3ccccc3)n2)cc1. The summed E-state index contributed by atoms with van der Waals surface area (Å²) < 4.78 is 5.40. The molecule has 0 aliphatic carbocycles. The minimum Gasteiger partial charge on any atom is -0.445 e. The molecule has 2 aromatic carbocycles. The van der Waals surface area contributed by atoms with E-state index in [2.05, 4.69) is 15.1 Å². The molecule has 0 unspecified atom stereocenters. The second kappa shape index (κ2) is 9.41. The van der Waals surface area contributed by atoms with Crippen molar-refractivity contribution in [3.05, 3.63) is 77.0 Å². The lowest BCUT2D eigenvalue weighted by atomic mass is 10.1. The number of nitrogens with zero attached hydrogens (tertiary/aromatic N) is 3. The molecule has 2 heterocycles. The molecule has 0 spiro atoms. The van der Waals surface area contributed by atoms with Crippen molar-refractivity contribution >= 4 is 34.2 Å². The van der Waals surface area contributed by atoms with Crippen LogP contribution in [0.5, 0.6) is 0 Å². The third-order valence-electron chi connectivity index (χ3n) is 5.02. The van der Waals surface area contributed by atoms with Crippen molar-refractivity contribution in [2.75, 3.05) is 11.9 Å². The lowest BCUT2D eigenvalue weighted by molar-refractivity contribution is -0.120. The van der Waals surface area contributed by atoms with Gasteiger partial charge in [-0.15, -0.1) is 11.3 Å². The third kappa shape index (κ3) is 4.90. The van der Waals surface area contributed by atoms with Crippen molar-refractivity contribution in [1.82, 2.24) is 9.88 Å². The van der Waals surface area contributed by atoms with Crippen LogP contribution in [0.15, 0.2) is 60.0 Å². The van der Waals surface area contributed by atoms with Gasteiger partial charge in [0.05, 0.1) is 12.3 Å². The van der Waals surface area contributed by atoms with Crippen molar-refractivity contribution in [1.29, 1.82) is 0 Å². The molecule has 1 saturated heterocycles. The summed E-state index contributed by atoms with van der Waals surface area (Å²) in [6.45, 7) is 7.69. The Morgan fingerprint density at radius 3 is 2.71 bits per heavy atom. The highest BCUT2D eigenvalue weighted by Gasteiger charge is 2.35. The Balaban J connectivity index is 1.37. The van der Waals surface area contributed by atoms with Crippen molar-refractivity contribution in [2.24, 2.45) is 0 Å². The summed E-state index contributed by atoms with van der Waals surface area (Å²) in [5.41, 5.74) is 3.06. The average Bonchev–Trinajstić information content (AvgIpc) is 3.48. The number of rotatable bonds is 5. The van der Waals surface area contributed by atoms with Crippen molar-refractivity contribution in [3.63, 3.8) is 0 Å². The van der Waals surface area contributed by atoms with Crippen molar-refractivity contribution in [2.45, 2.75) is 25.5 Å². The number of carbonyl (C=O) groups excluding carboxylic acids is 2. The number of anilines is 1. The lowest BCUT2D eigenvalue weighted by Gasteiger charge is -2.22. The van der Waals surface area contributed by atoms with Gasteiger partial charge in [0.2, 0.25) is 5.91 Å². The van der Waals surface area contributed by atoms with E-state index >= 15 is 0 Å². The Hall–Kier alpha value is -3.70. The van der Waals surface area contributed by atoms with E-state index < -0.39 is 12.1 Å².